The molecule has 0 bridgehead atoms. The van der Waals surface area contributed by atoms with Crippen molar-refractivity contribution >= 4 is 11.8 Å². The Morgan fingerprint density at radius 3 is 2.81 bits per heavy atom. The second-order valence-corrected chi connectivity index (χ2v) is 7.64. The average Bonchev–Trinajstić information content (AvgIpc) is 2.95. The zero-order valence-corrected chi connectivity index (χ0v) is 14.2. The summed E-state index contributed by atoms with van der Waals surface area (Å²) in [5, 5.41) is 0. The smallest absolute Gasteiger partial charge is 0.0476 e. The van der Waals surface area contributed by atoms with Gasteiger partial charge in [0.05, 0.1) is 0 Å². The van der Waals surface area contributed by atoms with Crippen LogP contribution in [0.25, 0.3) is 0 Å². The van der Waals surface area contributed by atoms with Crippen molar-refractivity contribution in [3.8, 4) is 0 Å². The van der Waals surface area contributed by atoms with Crippen LogP contribution in [0.3, 0.4) is 0 Å². The molecule has 3 heteroatoms. The monoisotopic (exact) mass is 304 g/mol. The van der Waals surface area contributed by atoms with Crippen LogP contribution >= 0.6 is 11.8 Å². The third-order valence-corrected chi connectivity index (χ3v) is 5.88. The topological polar surface area (TPSA) is 6.48 Å². The Hall–Kier alpha value is -0.510. The third kappa shape index (κ3) is 3.64. The number of hydrogen-bond donors (Lipinski definition) is 0. The van der Waals surface area contributed by atoms with E-state index in [1.54, 1.807) is 0 Å². The zero-order chi connectivity index (χ0) is 14.7. The van der Waals surface area contributed by atoms with Gasteiger partial charge in [-0.2, -0.15) is 11.8 Å². The highest BCUT2D eigenvalue weighted by atomic mass is 32.2. The second kappa shape index (κ2) is 7.17. The van der Waals surface area contributed by atoms with Crippen LogP contribution in [-0.2, 0) is 0 Å². The molecule has 0 aromatic heterocycles. The van der Waals surface area contributed by atoms with Crippen LogP contribution in [0, 0.1) is 5.92 Å². The normalized spacial score (nSPS) is 28.5. The predicted octanol–water partition coefficient (Wildman–Crippen LogP) is 3.51. The van der Waals surface area contributed by atoms with E-state index in [-0.39, 0.29) is 0 Å². The summed E-state index contributed by atoms with van der Waals surface area (Å²) in [6.07, 6.45) is 5.01. The van der Waals surface area contributed by atoms with Gasteiger partial charge in [-0.3, -0.25) is 9.80 Å². The van der Waals surface area contributed by atoms with Crippen LogP contribution in [-0.4, -0.2) is 54.0 Å². The number of rotatable bonds is 5. The van der Waals surface area contributed by atoms with E-state index in [4.69, 9.17) is 0 Å². The fraction of sp³-hybridized carbons (Fsp3) is 0.667. The molecule has 2 heterocycles. The van der Waals surface area contributed by atoms with Crippen molar-refractivity contribution in [3.63, 3.8) is 0 Å². The molecule has 0 amide bonds. The highest BCUT2D eigenvalue weighted by molar-refractivity contribution is 7.98. The van der Waals surface area contributed by atoms with E-state index >= 15 is 0 Å². The molecule has 21 heavy (non-hydrogen) atoms. The van der Waals surface area contributed by atoms with Gasteiger partial charge in [-0.1, -0.05) is 37.3 Å². The summed E-state index contributed by atoms with van der Waals surface area (Å²) in [5.74, 6) is 2.05. The van der Waals surface area contributed by atoms with E-state index in [0.717, 1.165) is 12.0 Å². The predicted molar refractivity (Wildman–Crippen MR) is 92.9 cm³/mol. The van der Waals surface area contributed by atoms with Gasteiger partial charge >= 0.3 is 0 Å². The highest BCUT2D eigenvalue weighted by Gasteiger charge is 2.37. The first-order valence-electron chi connectivity index (χ1n) is 8.30. The Labute approximate surface area is 133 Å². The molecule has 1 aromatic rings. The molecule has 2 nitrogen and oxygen atoms in total. The third-order valence-electron chi connectivity index (χ3n) is 4.97. The minimum Gasteiger partial charge on any atom is -0.297 e. The van der Waals surface area contributed by atoms with Gasteiger partial charge in [-0.15, -0.1) is 0 Å². The Morgan fingerprint density at radius 2 is 2.05 bits per heavy atom. The number of nitrogens with zero attached hydrogens (tertiary/aromatic N) is 2. The first kappa shape index (κ1) is 15.4. The Morgan fingerprint density at radius 1 is 1.24 bits per heavy atom. The molecule has 116 valence electrons. The van der Waals surface area contributed by atoms with Gasteiger partial charge in [-0.25, -0.2) is 0 Å². The van der Waals surface area contributed by atoms with Crippen molar-refractivity contribution in [1.29, 1.82) is 0 Å². The Bertz CT molecular complexity index is 436. The molecular formula is C18H28N2S. The first-order chi connectivity index (χ1) is 10.3. The van der Waals surface area contributed by atoms with Gasteiger partial charge < -0.3 is 0 Å². The fourth-order valence-electron chi connectivity index (χ4n) is 4.01. The molecule has 0 spiro atoms. The maximum absolute atomic E-state index is 2.77. The summed E-state index contributed by atoms with van der Waals surface area (Å²) in [5.41, 5.74) is 1.50. The van der Waals surface area contributed by atoms with Gasteiger partial charge in [0.25, 0.3) is 0 Å². The van der Waals surface area contributed by atoms with Crippen LogP contribution in [0.5, 0.6) is 0 Å². The molecule has 3 unspecified atom stereocenters. The van der Waals surface area contributed by atoms with Gasteiger partial charge in [0.2, 0.25) is 0 Å². The maximum atomic E-state index is 2.77. The summed E-state index contributed by atoms with van der Waals surface area (Å²) < 4.78 is 0. The number of hydrogen-bond acceptors (Lipinski definition) is 3. The lowest BCUT2D eigenvalue weighted by Gasteiger charge is -2.45. The van der Waals surface area contributed by atoms with Crippen LogP contribution < -0.4 is 0 Å². The molecule has 0 aliphatic carbocycles. The molecule has 0 N–H and O–H groups in total. The zero-order valence-electron chi connectivity index (χ0n) is 13.4. The van der Waals surface area contributed by atoms with Gasteiger partial charge in [0, 0.05) is 31.7 Å². The number of benzene rings is 1. The fourth-order valence-corrected chi connectivity index (χ4v) is 4.68. The summed E-state index contributed by atoms with van der Waals surface area (Å²) >= 11 is 1.98. The molecule has 1 aromatic carbocycles. The van der Waals surface area contributed by atoms with Crippen molar-refractivity contribution in [2.24, 2.45) is 5.92 Å². The van der Waals surface area contributed by atoms with E-state index in [1.165, 1.54) is 50.3 Å². The lowest BCUT2D eigenvalue weighted by atomic mass is 9.98. The lowest BCUT2D eigenvalue weighted by molar-refractivity contribution is 0.0429. The maximum Gasteiger partial charge on any atom is 0.0476 e. The summed E-state index contributed by atoms with van der Waals surface area (Å²) in [7, 11) is 0. The molecule has 0 saturated carbocycles. The number of thioether (sulfide) groups is 1. The van der Waals surface area contributed by atoms with E-state index in [1.807, 2.05) is 11.8 Å². The van der Waals surface area contributed by atoms with Crippen molar-refractivity contribution in [2.75, 3.05) is 38.2 Å². The molecule has 2 aliphatic rings. The summed E-state index contributed by atoms with van der Waals surface area (Å²) in [6, 6.07) is 12.5. The standard InChI is InChI=1S/C18H28N2S/c1-15(14-21-2)11-20-12-17-9-6-10-19(17)13-18(20)16-7-4-3-5-8-16/h3-5,7-8,15,17-18H,6,9-14H2,1-2H3. The van der Waals surface area contributed by atoms with E-state index in [9.17, 15) is 0 Å². The quantitative estimate of drug-likeness (QED) is 0.822. The Balaban J connectivity index is 1.75. The summed E-state index contributed by atoms with van der Waals surface area (Å²) in [4.78, 5) is 5.50. The second-order valence-electron chi connectivity index (χ2n) is 6.73. The van der Waals surface area contributed by atoms with E-state index in [2.05, 4.69) is 53.3 Å². The van der Waals surface area contributed by atoms with E-state index < -0.39 is 0 Å². The van der Waals surface area contributed by atoms with Crippen molar-refractivity contribution < 1.29 is 0 Å². The highest BCUT2D eigenvalue weighted by Crippen LogP contribution is 2.33. The molecule has 2 aliphatic heterocycles. The van der Waals surface area contributed by atoms with Crippen molar-refractivity contribution in [2.45, 2.75) is 31.8 Å². The van der Waals surface area contributed by atoms with Crippen molar-refractivity contribution in [1.82, 2.24) is 9.80 Å². The molecule has 2 fully saturated rings. The number of fused-ring (bicyclic) bond motifs is 1. The SMILES string of the molecule is CSCC(C)CN1CC2CCCN2CC1c1ccccc1. The lowest BCUT2D eigenvalue weighted by Crippen LogP contribution is -2.52. The first-order valence-corrected chi connectivity index (χ1v) is 9.69. The summed E-state index contributed by atoms with van der Waals surface area (Å²) in [6.45, 7) is 7.44. The molecule has 3 atom stereocenters. The van der Waals surface area contributed by atoms with Crippen LogP contribution in [0.1, 0.15) is 31.4 Å². The van der Waals surface area contributed by atoms with Gasteiger partial charge in [0.1, 0.15) is 0 Å². The van der Waals surface area contributed by atoms with Crippen LogP contribution in [0.2, 0.25) is 0 Å². The average molecular weight is 305 g/mol. The number of piperazine rings is 1. The van der Waals surface area contributed by atoms with Gasteiger partial charge in [-0.05, 0) is 42.9 Å². The molecular weight excluding hydrogens is 276 g/mol. The molecule has 0 radical (unpaired) electrons. The van der Waals surface area contributed by atoms with Gasteiger partial charge in [0.15, 0.2) is 0 Å². The largest absolute Gasteiger partial charge is 0.297 e. The van der Waals surface area contributed by atoms with Crippen molar-refractivity contribution in [3.05, 3.63) is 35.9 Å². The minimum absolute atomic E-state index is 0.588. The van der Waals surface area contributed by atoms with E-state index in [0.29, 0.717) is 6.04 Å². The minimum atomic E-state index is 0.588. The van der Waals surface area contributed by atoms with Crippen LogP contribution in [0.4, 0.5) is 0 Å². The van der Waals surface area contributed by atoms with Crippen LogP contribution in [0.15, 0.2) is 30.3 Å². The molecule has 2 saturated heterocycles. The Kier molecular flexibility index (Phi) is 5.25. The molecule has 3 rings (SSSR count).